The molecule has 0 aromatic rings. The normalized spacial score (nSPS) is 20.1. The molecule has 0 radical (unpaired) electrons. The molecule has 1 unspecified atom stereocenters. The van der Waals surface area contributed by atoms with Crippen LogP contribution in [0.25, 0.3) is 0 Å². The highest BCUT2D eigenvalue weighted by atomic mass is 16.7. The summed E-state index contributed by atoms with van der Waals surface area (Å²) >= 11 is 0. The smallest absolute Gasteiger partial charge is 0.231 e. The minimum atomic E-state index is 0.00458. The standard InChI is InChI=1S/C8H17N5O.C2H6/c1-11-7(14-12-2)6-4-3-5-13(6)8(9)10;1-2/h6,12H,3-5H2,1-2H3,(H3,9,10);1-2H3. The average Bonchev–Trinajstić information content (AvgIpc) is 2.77. The summed E-state index contributed by atoms with van der Waals surface area (Å²) in [5.74, 6) is 0.661. The Morgan fingerprint density at radius 2 is 2.19 bits per heavy atom. The molecule has 4 N–H and O–H groups in total. The van der Waals surface area contributed by atoms with E-state index in [9.17, 15) is 0 Å². The van der Waals surface area contributed by atoms with Crippen LogP contribution in [-0.2, 0) is 4.84 Å². The second-order valence-electron chi connectivity index (χ2n) is 3.10. The fourth-order valence-electron chi connectivity index (χ4n) is 1.68. The average molecular weight is 229 g/mol. The summed E-state index contributed by atoms with van der Waals surface area (Å²) in [5, 5.41) is 7.40. The molecule has 1 atom stereocenters. The first kappa shape index (κ1) is 14.7. The van der Waals surface area contributed by atoms with Gasteiger partial charge in [-0.05, 0) is 12.8 Å². The Hall–Kier alpha value is -1.30. The first-order valence-corrected chi connectivity index (χ1v) is 5.61. The van der Waals surface area contributed by atoms with Gasteiger partial charge in [0, 0.05) is 20.6 Å². The quantitative estimate of drug-likeness (QED) is 0.366. The second kappa shape index (κ2) is 7.92. The zero-order valence-corrected chi connectivity index (χ0v) is 10.6. The Bertz CT molecular complexity index is 241. The summed E-state index contributed by atoms with van der Waals surface area (Å²) in [6.45, 7) is 4.80. The summed E-state index contributed by atoms with van der Waals surface area (Å²) in [6, 6.07) is 0.00458. The van der Waals surface area contributed by atoms with Crippen LogP contribution in [0, 0.1) is 5.41 Å². The van der Waals surface area contributed by atoms with Gasteiger partial charge in [-0.15, -0.1) is 0 Å². The minimum Gasteiger partial charge on any atom is -0.391 e. The van der Waals surface area contributed by atoms with E-state index in [1.54, 1.807) is 19.0 Å². The van der Waals surface area contributed by atoms with Crippen molar-refractivity contribution >= 4 is 11.9 Å². The molecule has 6 nitrogen and oxygen atoms in total. The van der Waals surface area contributed by atoms with E-state index in [0.29, 0.717) is 5.90 Å². The molecule has 0 aromatic heterocycles. The van der Waals surface area contributed by atoms with Crippen LogP contribution in [0.3, 0.4) is 0 Å². The van der Waals surface area contributed by atoms with Gasteiger partial charge in [-0.3, -0.25) is 10.4 Å². The molecule has 0 amide bonds. The Morgan fingerprint density at radius 1 is 1.56 bits per heavy atom. The van der Waals surface area contributed by atoms with Gasteiger partial charge in [0.25, 0.3) is 0 Å². The fourth-order valence-corrected chi connectivity index (χ4v) is 1.68. The Balaban J connectivity index is 0.00000106. The minimum absolute atomic E-state index is 0.00458. The maximum atomic E-state index is 7.40. The van der Waals surface area contributed by atoms with Crippen molar-refractivity contribution in [3.8, 4) is 0 Å². The highest BCUT2D eigenvalue weighted by Crippen LogP contribution is 2.17. The third-order valence-corrected chi connectivity index (χ3v) is 2.27. The second-order valence-corrected chi connectivity index (χ2v) is 3.10. The number of rotatable bonds is 2. The summed E-state index contributed by atoms with van der Waals surface area (Å²) in [5.41, 5.74) is 8.04. The number of likely N-dealkylation sites (tertiary alicyclic amines) is 1. The lowest BCUT2D eigenvalue weighted by Gasteiger charge is -2.24. The third-order valence-electron chi connectivity index (χ3n) is 2.27. The van der Waals surface area contributed by atoms with Crippen molar-refractivity contribution in [1.82, 2.24) is 10.4 Å². The fraction of sp³-hybridized carbons (Fsp3) is 0.800. The van der Waals surface area contributed by atoms with Crippen LogP contribution in [0.15, 0.2) is 4.99 Å². The van der Waals surface area contributed by atoms with Gasteiger partial charge in [0.1, 0.15) is 6.04 Å². The zero-order chi connectivity index (χ0) is 12.6. The molecule has 94 valence electrons. The molecule has 0 aromatic carbocycles. The molecule has 1 fully saturated rings. The zero-order valence-electron chi connectivity index (χ0n) is 10.6. The van der Waals surface area contributed by atoms with E-state index in [-0.39, 0.29) is 12.0 Å². The van der Waals surface area contributed by atoms with Crippen LogP contribution in [-0.4, -0.2) is 43.4 Å². The number of nitrogens with zero attached hydrogens (tertiary/aromatic N) is 2. The van der Waals surface area contributed by atoms with Crippen LogP contribution in [0.4, 0.5) is 0 Å². The molecule has 0 bridgehead atoms. The topological polar surface area (TPSA) is 86.7 Å². The molecule has 0 spiro atoms. The Labute approximate surface area is 97.3 Å². The van der Waals surface area contributed by atoms with E-state index < -0.39 is 0 Å². The molecule has 6 heteroatoms. The van der Waals surface area contributed by atoms with Crippen LogP contribution in [0.1, 0.15) is 26.7 Å². The molecule has 1 rings (SSSR count). The van der Waals surface area contributed by atoms with Crippen LogP contribution in [0.5, 0.6) is 0 Å². The SMILES string of the molecule is CC.CN=C(ONC)C1CCCN1C(=N)N. The van der Waals surface area contributed by atoms with E-state index in [0.717, 1.165) is 19.4 Å². The number of aliphatic imine (C=N–C) groups is 1. The van der Waals surface area contributed by atoms with E-state index in [1.807, 2.05) is 13.8 Å². The van der Waals surface area contributed by atoms with Gasteiger partial charge in [-0.2, -0.15) is 5.48 Å². The first-order chi connectivity index (χ1) is 7.70. The number of hydroxylamine groups is 1. The molecule has 0 saturated carbocycles. The number of nitrogens with one attached hydrogen (secondary N) is 2. The molecule has 1 aliphatic heterocycles. The van der Waals surface area contributed by atoms with Gasteiger partial charge < -0.3 is 15.5 Å². The third kappa shape index (κ3) is 3.69. The summed E-state index contributed by atoms with van der Waals surface area (Å²) in [4.78, 5) is 11.0. The maximum absolute atomic E-state index is 7.40. The predicted octanol–water partition coefficient (Wildman–Crippen LogP) is 0.550. The van der Waals surface area contributed by atoms with Crippen LogP contribution in [0.2, 0.25) is 0 Å². The summed E-state index contributed by atoms with van der Waals surface area (Å²) in [6.07, 6.45) is 1.93. The highest BCUT2D eigenvalue weighted by molar-refractivity contribution is 5.87. The van der Waals surface area contributed by atoms with Crippen molar-refractivity contribution in [3.05, 3.63) is 0 Å². The van der Waals surface area contributed by atoms with E-state index >= 15 is 0 Å². The van der Waals surface area contributed by atoms with Crippen molar-refractivity contribution in [2.24, 2.45) is 10.7 Å². The number of guanidine groups is 1. The molecule has 1 aliphatic rings. The van der Waals surface area contributed by atoms with Crippen molar-refractivity contribution in [1.29, 1.82) is 5.41 Å². The number of hydrogen-bond acceptors (Lipinski definition) is 4. The molecular formula is C10H23N5O. The summed E-state index contributed by atoms with van der Waals surface area (Å²) < 4.78 is 0. The number of nitrogens with two attached hydrogens (primary N) is 1. The molecule has 1 saturated heterocycles. The van der Waals surface area contributed by atoms with Crippen molar-refractivity contribution in [3.63, 3.8) is 0 Å². The lowest BCUT2D eigenvalue weighted by atomic mass is 10.2. The van der Waals surface area contributed by atoms with Gasteiger partial charge in [0.2, 0.25) is 5.90 Å². The van der Waals surface area contributed by atoms with Crippen molar-refractivity contribution < 1.29 is 4.84 Å². The van der Waals surface area contributed by atoms with Gasteiger partial charge in [0.15, 0.2) is 5.96 Å². The Morgan fingerprint density at radius 3 is 2.62 bits per heavy atom. The van der Waals surface area contributed by atoms with E-state index in [2.05, 4.69) is 10.5 Å². The number of hydrogen-bond donors (Lipinski definition) is 3. The molecular weight excluding hydrogens is 206 g/mol. The van der Waals surface area contributed by atoms with Gasteiger partial charge in [-0.1, -0.05) is 13.8 Å². The monoisotopic (exact) mass is 229 g/mol. The van der Waals surface area contributed by atoms with Crippen LogP contribution < -0.4 is 11.2 Å². The molecule has 0 aliphatic carbocycles. The van der Waals surface area contributed by atoms with Crippen molar-refractivity contribution in [2.75, 3.05) is 20.6 Å². The van der Waals surface area contributed by atoms with Crippen LogP contribution >= 0.6 is 0 Å². The van der Waals surface area contributed by atoms with E-state index in [1.165, 1.54) is 0 Å². The lowest BCUT2D eigenvalue weighted by Crippen LogP contribution is -2.45. The van der Waals surface area contributed by atoms with Crippen molar-refractivity contribution in [2.45, 2.75) is 32.7 Å². The largest absolute Gasteiger partial charge is 0.391 e. The van der Waals surface area contributed by atoms with E-state index in [4.69, 9.17) is 16.0 Å². The van der Waals surface area contributed by atoms with Gasteiger partial charge >= 0.3 is 0 Å². The summed E-state index contributed by atoms with van der Waals surface area (Å²) in [7, 11) is 3.35. The van der Waals surface area contributed by atoms with Gasteiger partial charge in [0.05, 0.1) is 0 Å². The van der Waals surface area contributed by atoms with Gasteiger partial charge in [-0.25, -0.2) is 0 Å². The first-order valence-electron chi connectivity index (χ1n) is 5.61. The Kier molecular flexibility index (Phi) is 7.28. The lowest BCUT2D eigenvalue weighted by molar-refractivity contribution is 0.187. The predicted molar refractivity (Wildman–Crippen MR) is 66.5 cm³/mol. The molecule has 16 heavy (non-hydrogen) atoms. The molecule has 1 heterocycles. The highest BCUT2D eigenvalue weighted by Gasteiger charge is 2.31. The maximum Gasteiger partial charge on any atom is 0.231 e.